The number of nitrogens with two attached hydrogens (primary N) is 1. The summed E-state index contributed by atoms with van der Waals surface area (Å²) < 4.78 is 5.49. The molecule has 0 saturated carbocycles. The number of rotatable bonds is 7. The van der Waals surface area contributed by atoms with E-state index < -0.39 is 11.4 Å². The van der Waals surface area contributed by atoms with Gasteiger partial charge in [-0.25, -0.2) is 0 Å². The van der Waals surface area contributed by atoms with Crippen LogP contribution < -0.4 is 11.1 Å². The fourth-order valence-electron chi connectivity index (χ4n) is 1.73. The maximum Gasteiger partial charge on any atom is 0.244 e. The average molecular weight is 236 g/mol. The number of nitrogens with one attached hydrogen (secondary N) is 1. The summed E-state index contributed by atoms with van der Waals surface area (Å²) in [5, 5.41) is 2.99. The SMILES string of the molecule is CCCOCC(NC)(C(N)=O)c1ccccc1. The van der Waals surface area contributed by atoms with Gasteiger partial charge >= 0.3 is 0 Å². The first-order chi connectivity index (χ1) is 8.17. The molecule has 1 rings (SSSR count). The van der Waals surface area contributed by atoms with Gasteiger partial charge in [0.1, 0.15) is 5.54 Å². The van der Waals surface area contributed by atoms with Gasteiger partial charge in [0.2, 0.25) is 5.91 Å². The fraction of sp³-hybridized carbons (Fsp3) is 0.462. The monoisotopic (exact) mass is 236 g/mol. The standard InChI is InChI=1S/C13H20N2O2/c1-3-9-17-10-13(15-2,12(14)16)11-7-5-4-6-8-11/h4-8,15H,3,9-10H2,1-2H3,(H2,14,16). The number of primary amides is 1. The predicted octanol–water partition coefficient (Wildman–Crippen LogP) is 1.01. The van der Waals surface area contributed by atoms with E-state index in [4.69, 9.17) is 10.5 Å². The van der Waals surface area contributed by atoms with Crippen molar-refractivity contribution in [3.8, 4) is 0 Å². The van der Waals surface area contributed by atoms with Crippen LogP contribution in [0.15, 0.2) is 30.3 Å². The number of carbonyl (C=O) groups excluding carboxylic acids is 1. The lowest BCUT2D eigenvalue weighted by atomic mass is 9.90. The summed E-state index contributed by atoms with van der Waals surface area (Å²) in [6, 6.07) is 9.40. The highest BCUT2D eigenvalue weighted by Crippen LogP contribution is 2.21. The van der Waals surface area contributed by atoms with Crippen LogP contribution in [-0.4, -0.2) is 26.2 Å². The molecule has 0 spiro atoms. The number of benzene rings is 1. The number of amides is 1. The van der Waals surface area contributed by atoms with E-state index in [0.717, 1.165) is 12.0 Å². The zero-order chi connectivity index (χ0) is 12.7. The van der Waals surface area contributed by atoms with E-state index in [1.165, 1.54) is 0 Å². The highest BCUT2D eigenvalue weighted by Gasteiger charge is 2.37. The molecule has 94 valence electrons. The van der Waals surface area contributed by atoms with E-state index >= 15 is 0 Å². The second kappa shape index (κ2) is 6.37. The first-order valence-electron chi connectivity index (χ1n) is 5.79. The zero-order valence-electron chi connectivity index (χ0n) is 10.4. The molecule has 1 unspecified atom stereocenters. The van der Waals surface area contributed by atoms with E-state index in [2.05, 4.69) is 5.32 Å². The Kier molecular flexibility index (Phi) is 5.12. The summed E-state index contributed by atoms with van der Waals surface area (Å²) in [5.74, 6) is -0.428. The molecule has 0 saturated heterocycles. The van der Waals surface area contributed by atoms with E-state index in [1.807, 2.05) is 37.3 Å². The quantitative estimate of drug-likeness (QED) is 0.695. The second-order valence-electron chi connectivity index (χ2n) is 3.94. The van der Waals surface area contributed by atoms with E-state index in [1.54, 1.807) is 7.05 Å². The highest BCUT2D eigenvalue weighted by atomic mass is 16.5. The molecule has 0 aliphatic rings. The molecular formula is C13H20N2O2. The van der Waals surface area contributed by atoms with E-state index in [-0.39, 0.29) is 6.61 Å². The van der Waals surface area contributed by atoms with Gasteiger partial charge in [0.25, 0.3) is 0 Å². The summed E-state index contributed by atoms with van der Waals surface area (Å²) >= 11 is 0. The highest BCUT2D eigenvalue weighted by molar-refractivity contribution is 5.86. The number of hydrogen-bond donors (Lipinski definition) is 2. The minimum absolute atomic E-state index is 0.247. The predicted molar refractivity (Wildman–Crippen MR) is 67.5 cm³/mol. The van der Waals surface area contributed by atoms with Crippen molar-refractivity contribution >= 4 is 5.91 Å². The summed E-state index contributed by atoms with van der Waals surface area (Å²) in [7, 11) is 1.72. The first-order valence-corrected chi connectivity index (χ1v) is 5.79. The normalized spacial score (nSPS) is 14.2. The van der Waals surface area contributed by atoms with Gasteiger partial charge in [-0.1, -0.05) is 37.3 Å². The third kappa shape index (κ3) is 3.05. The van der Waals surface area contributed by atoms with Gasteiger partial charge in [-0.05, 0) is 19.0 Å². The number of ether oxygens (including phenoxy) is 1. The lowest BCUT2D eigenvalue weighted by molar-refractivity contribution is -0.127. The van der Waals surface area contributed by atoms with Crippen molar-refractivity contribution in [2.75, 3.05) is 20.3 Å². The van der Waals surface area contributed by atoms with Crippen LogP contribution in [0.2, 0.25) is 0 Å². The number of hydrogen-bond acceptors (Lipinski definition) is 3. The Hall–Kier alpha value is -1.39. The zero-order valence-corrected chi connectivity index (χ0v) is 10.4. The van der Waals surface area contributed by atoms with Crippen LogP contribution in [0.3, 0.4) is 0 Å². The van der Waals surface area contributed by atoms with Crippen LogP contribution in [0.4, 0.5) is 0 Å². The Morgan fingerprint density at radius 3 is 2.53 bits per heavy atom. The Bertz CT molecular complexity index is 354. The summed E-state index contributed by atoms with van der Waals surface area (Å²) in [6.45, 7) is 2.88. The van der Waals surface area contributed by atoms with Crippen LogP contribution in [0.25, 0.3) is 0 Å². The number of likely N-dealkylation sites (N-methyl/N-ethyl adjacent to an activating group) is 1. The van der Waals surface area contributed by atoms with Crippen molar-refractivity contribution in [2.24, 2.45) is 5.73 Å². The first kappa shape index (κ1) is 13.7. The van der Waals surface area contributed by atoms with Crippen molar-refractivity contribution in [3.05, 3.63) is 35.9 Å². The van der Waals surface area contributed by atoms with Gasteiger partial charge in [-0.3, -0.25) is 4.79 Å². The van der Waals surface area contributed by atoms with Crippen LogP contribution in [-0.2, 0) is 15.1 Å². The molecule has 0 bridgehead atoms. The fourth-order valence-corrected chi connectivity index (χ4v) is 1.73. The maximum atomic E-state index is 11.7. The second-order valence-corrected chi connectivity index (χ2v) is 3.94. The van der Waals surface area contributed by atoms with E-state index in [0.29, 0.717) is 6.61 Å². The average Bonchev–Trinajstić information content (AvgIpc) is 2.36. The maximum absolute atomic E-state index is 11.7. The van der Waals surface area contributed by atoms with Crippen LogP contribution >= 0.6 is 0 Å². The number of carbonyl (C=O) groups is 1. The molecule has 0 aliphatic carbocycles. The molecule has 0 heterocycles. The van der Waals surface area contributed by atoms with Crippen LogP contribution in [0.1, 0.15) is 18.9 Å². The molecule has 3 N–H and O–H groups in total. The molecule has 1 aromatic rings. The van der Waals surface area contributed by atoms with Gasteiger partial charge in [0.05, 0.1) is 6.61 Å². The van der Waals surface area contributed by atoms with Gasteiger partial charge in [-0.2, -0.15) is 0 Å². The molecule has 1 atom stereocenters. The molecule has 4 heteroatoms. The Morgan fingerprint density at radius 2 is 2.06 bits per heavy atom. The van der Waals surface area contributed by atoms with E-state index in [9.17, 15) is 4.79 Å². The van der Waals surface area contributed by atoms with Crippen molar-refractivity contribution < 1.29 is 9.53 Å². The lowest BCUT2D eigenvalue weighted by Gasteiger charge is -2.30. The molecule has 1 aromatic carbocycles. The van der Waals surface area contributed by atoms with Gasteiger partial charge in [-0.15, -0.1) is 0 Å². The Balaban J connectivity index is 2.97. The van der Waals surface area contributed by atoms with Gasteiger partial charge in [0, 0.05) is 6.61 Å². The third-order valence-electron chi connectivity index (χ3n) is 2.78. The molecule has 0 fully saturated rings. The Labute approximate surface area is 102 Å². The van der Waals surface area contributed by atoms with Crippen LogP contribution in [0.5, 0.6) is 0 Å². The van der Waals surface area contributed by atoms with Crippen molar-refractivity contribution in [1.29, 1.82) is 0 Å². The molecule has 1 amide bonds. The topological polar surface area (TPSA) is 64.3 Å². The molecule has 0 radical (unpaired) electrons. The third-order valence-corrected chi connectivity index (χ3v) is 2.78. The molecule has 4 nitrogen and oxygen atoms in total. The van der Waals surface area contributed by atoms with Crippen molar-refractivity contribution in [3.63, 3.8) is 0 Å². The molecule has 0 aliphatic heterocycles. The summed E-state index contributed by atoms with van der Waals surface area (Å²) in [6.07, 6.45) is 0.910. The van der Waals surface area contributed by atoms with Gasteiger partial charge < -0.3 is 15.8 Å². The van der Waals surface area contributed by atoms with Crippen LogP contribution in [0, 0.1) is 0 Å². The largest absolute Gasteiger partial charge is 0.379 e. The smallest absolute Gasteiger partial charge is 0.244 e. The van der Waals surface area contributed by atoms with Crippen molar-refractivity contribution in [2.45, 2.75) is 18.9 Å². The van der Waals surface area contributed by atoms with Crippen molar-refractivity contribution in [1.82, 2.24) is 5.32 Å². The minimum atomic E-state index is -0.948. The summed E-state index contributed by atoms with van der Waals surface area (Å²) in [4.78, 5) is 11.7. The minimum Gasteiger partial charge on any atom is -0.379 e. The Morgan fingerprint density at radius 1 is 1.41 bits per heavy atom. The lowest BCUT2D eigenvalue weighted by Crippen LogP contribution is -2.54. The molecule has 0 aromatic heterocycles. The molecule has 17 heavy (non-hydrogen) atoms. The molecular weight excluding hydrogens is 216 g/mol. The van der Waals surface area contributed by atoms with Gasteiger partial charge in [0.15, 0.2) is 0 Å². The summed E-state index contributed by atoms with van der Waals surface area (Å²) in [5.41, 5.74) is 5.39.